The van der Waals surface area contributed by atoms with Crippen molar-refractivity contribution in [2.45, 2.75) is 24.7 Å². The van der Waals surface area contributed by atoms with Gasteiger partial charge in [0.15, 0.2) is 11.5 Å². The van der Waals surface area contributed by atoms with Crippen LogP contribution in [0.3, 0.4) is 0 Å². The molecular formula is C21H25BrN2O5S. The van der Waals surface area contributed by atoms with Crippen LogP contribution >= 0.6 is 15.9 Å². The second-order valence-corrected chi connectivity index (χ2v) is 10.00. The maximum absolute atomic E-state index is 13.0. The fraction of sp³-hybridized carbons (Fsp3) is 0.381. The highest BCUT2D eigenvalue weighted by molar-refractivity contribution is 9.10. The van der Waals surface area contributed by atoms with Gasteiger partial charge in [0.25, 0.3) is 0 Å². The number of nitrogens with one attached hydrogen (secondary N) is 1. The average molecular weight is 497 g/mol. The summed E-state index contributed by atoms with van der Waals surface area (Å²) in [6.45, 7) is 2.50. The summed E-state index contributed by atoms with van der Waals surface area (Å²) in [4.78, 5) is 12.8. The number of piperidine rings is 1. The number of ether oxygens (including phenoxy) is 2. The Bertz CT molecular complexity index is 1030. The minimum Gasteiger partial charge on any atom is -0.493 e. The smallest absolute Gasteiger partial charge is 0.243 e. The van der Waals surface area contributed by atoms with Crippen molar-refractivity contribution in [3.8, 4) is 11.5 Å². The molecule has 1 saturated heterocycles. The molecular weight excluding hydrogens is 472 g/mol. The number of rotatable bonds is 6. The summed E-state index contributed by atoms with van der Waals surface area (Å²) in [6, 6.07) is 10.3. The summed E-state index contributed by atoms with van der Waals surface area (Å²) in [5.74, 6) is 0.506. The van der Waals surface area contributed by atoms with Gasteiger partial charge in [-0.25, -0.2) is 8.42 Å². The van der Waals surface area contributed by atoms with Crippen LogP contribution in [0.25, 0.3) is 0 Å². The second kappa shape index (κ2) is 9.36. The molecule has 162 valence electrons. The predicted octanol–water partition coefficient (Wildman–Crippen LogP) is 3.81. The molecule has 0 aliphatic carbocycles. The van der Waals surface area contributed by atoms with Gasteiger partial charge < -0.3 is 14.8 Å². The number of benzene rings is 2. The van der Waals surface area contributed by atoms with Gasteiger partial charge in [0.05, 0.1) is 19.1 Å². The van der Waals surface area contributed by atoms with Crippen molar-refractivity contribution in [3.05, 3.63) is 46.4 Å². The Morgan fingerprint density at radius 2 is 1.73 bits per heavy atom. The Balaban J connectivity index is 1.67. The van der Waals surface area contributed by atoms with Gasteiger partial charge in [-0.05, 0) is 49.6 Å². The first kappa shape index (κ1) is 22.6. The van der Waals surface area contributed by atoms with Crippen molar-refractivity contribution in [1.82, 2.24) is 4.31 Å². The van der Waals surface area contributed by atoms with E-state index >= 15 is 0 Å². The number of carbonyl (C=O) groups excluding carboxylic acids is 1. The molecule has 7 nitrogen and oxygen atoms in total. The Kier molecular flexibility index (Phi) is 7.05. The summed E-state index contributed by atoms with van der Waals surface area (Å²) in [5.41, 5.74) is 1.73. The summed E-state index contributed by atoms with van der Waals surface area (Å²) >= 11 is 3.41. The topological polar surface area (TPSA) is 84.9 Å². The minimum atomic E-state index is -3.68. The van der Waals surface area contributed by atoms with E-state index in [-0.39, 0.29) is 29.8 Å². The molecule has 0 radical (unpaired) electrons. The van der Waals surface area contributed by atoms with Gasteiger partial charge in [-0.2, -0.15) is 4.31 Å². The lowest BCUT2D eigenvalue weighted by molar-refractivity contribution is -0.120. The molecule has 1 fully saturated rings. The number of halogens is 1. The quantitative estimate of drug-likeness (QED) is 0.656. The molecule has 0 spiro atoms. The molecule has 1 heterocycles. The summed E-state index contributed by atoms with van der Waals surface area (Å²) < 4.78 is 38.8. The van der Waals surface area contributed by atoms with Crippen LogP contribution < -0.4 is 14.8 Å². The standard InChI is InChI=1S/C21H25BrN2O5S/c1-14-4-5-16(22)12-18(14)23-21(25)15-8-10-24(11-9-15)30(26,27)17-6-7-19(28-2)20(13-17)29-3/h4-7,12-13,15H,8-11H2,1-3H3,(H,23,25). The number of methoxy groups -OCH3 is 2. The van der Waals surface area contributed by atoms with Crippen LogP contribution in [0.2, 0.25) is 0 Å². The first-order valence-electron chi connectivity index (χ1n) is 9.55. The van der Waals surface area contributed by atoms with Crippen molar-refractivity contribution in [2.24, 2.45) is 5.92 Å². The molecule has 1 aliphatic heterocycles. The van der Waals surface area contributed by atoms with Gasteiger partial charge in [0, 0.05) is 35.2 Å². The minimum absolute atomic E-state index is 0.0839. The zero-order valence-corrected chi connectivity index (χ0v) is 19.5. The Morgan fingerprint density at radius 1 is 1.07 bits per heavy atom. The Morgan fingerprint density at radius 3 is 2.37 bits per heavy atom. The fourth-order valence-corrected chi connectivity index (χ4v) is 5.29. The van der Waals surface area contributed by atoms with E-state index < -0.39 is 10.0 Å². The molecule has 2 aromatic rings. The van der Waals surface area contributed by atoms with Crippen LogP contribution in [-0.2, 0) is 14.8 Å². The van der Waals surface area contributed by atoms with E-state index in [1.807, 2.05) is 25.1 Å². The number of aryl methyl sites for hydroxylation is 1. The molecule has 1 N–H and O–H groups in total. The zero-order chi connectivity index (χ0) is 21.9. The lowest BCUT2D eigenvalue weighted by atomic mass is 9.97. The normalized spacial score (nSPS) is 15.6. The first-order valence-corrected chi connectivity index (χ1v) is 11.8. The number of hydrogen-bond acceptors (Lipinski definition) is 5. The van der Waals surface area contributed by atoms with Gasteiger partial charge in [0.2, 0.25) is 15.9 Å². The monoisotopic (exact) mass is 496 g/mol. The van der Waals surface area contributed by atoms with Gasteiger partial charge in [0.1, 0.15) is 0 Å². The molecule has 3 rings (SSSR count). The molecule has 0 saturated carbocycles. The number of sulfonamides is 1. The lowest BCUT2D eigenvalue weighted by Crippen LogP contribution is -2.41. The third-order valence-electron chi connectivity index (χ3n) is 5.27. The van der Waals surface area contributed by atoms with Crippen molar-refractivity contribution in [2.75, 3.05) is 32.6 Å². The maximum atomic E-state index is 13.0. The van der Waals surface area contributed by atoms with Crippen molar-refractivity contribution in [3.63, 3.8) is 0 Å². The summed E-state index contributed by atoms with van der Waals surface area (Å²) in [6.07, 6.45) is 0.927. The van der Waals surface area contributed by atoms with Crippen LogP contribution in [0.15, 0.2) is 45.8 Å². The van der Waals surface area contributed by atoms with Gasteiger partial charge in [-0.1, -0.05) is 22.0 Å². The molecule has 0 bridgehead atoms. The van der Waals surface area contributed by atoms with E-state index in [9.17, 15) is 13.2 Å². The number of carbonyl (C=O) groups is 1. The molecule has 9 heteroatoms. The average Bonchev–Trinajstić information content (AvgIpc) is 2.75. The highest BCUT2D eigenvalue weighted by Gasteiger charge is 2.32. The zero-order valence-electron chi connectivity index (χ0n) is 17.1. The van der Waals surface area contributed by atoms with Gasteiger partial charge in [-0.15, -0.1) is 0 Å². The van der Waals surface area contributed by atoms with Crippen LogP contribution in [0.4, 0.5) is 5.69 Å². The molecule has 1 amide bonds. The number of anilines is 1. The van der Waals surface area contributed by atoms with E-state index in [0.29, 0.717) is 24.3 Å². The molecule has 0 aromatic heterocycles. The van der Waals surface area contributed by atoms with Crippen LogP contribution in [0, 0.1) is 12.8 Å². The summed E-state index contributed by atoms with van der Waals surface area (Å²) in [5, 5.41) is 2.97. The predicted molar refractivity (Wildman–Crippen MR) is 119 cm³/mol. The first-order chi connectivity index (χ1) is 14.3. The van der Waals surface area contributed by atoms with E-state index in [1.165, 1.54) is 30.7 Å². The van der Waals surface area contributed by atoms with E-state index in [2.05, 4.69) is 21.2 Å². The maximum Gasteiger partial charge on any atom is 0.243 e. The van der Waals surface area contributed by atoms with Crippen LogP contribution in [0.5, 0.6) is 11.5 Å². The molecule has 0 atom stereocenters. The largest absolute Gasteiger partial charge is 0.493 e. The van der Waals surface area contributed by atoms with Gasteiger partial charge >= 0.3 is 0 Å². The summed E-state index contributed by atoms with van der Waals surface area (Å²) in [7, 11) is -0.719. The van der Waals surface area contributed by atoms with Crippen molar-refractivity contribution >= 4 is 37.5 Å². The van der Waals surface area contributed by atoms with E-state index in [0.717, 1.165) is 15.7 Å². The lowest BCUT2D eigenvalue weighted by Gasteiger charge is -2.30. The molecule has 1 aliphatic rings. The second-order valence-electron chi connectivity index (χ2n) is 7.14. The van der Waals surface area contributed by atoms with Crippen molar-refractivity contribution < 1.29 is 22.7 Å². The van der Waals surface area contributed by atoms with Gasteiger partial charge in [-0.3, -0.25) is 4.79 Å². The Labute approximate surface area is 185 Å². The Hall–Kier alpha value is -2.10. The van der Waals surface area contributed by atoms with Crippen molar-refractivity contribution in [1.29, 1.82) is 0 Å². The highest BCUT2D eigenvalue weighted by atomic mass is 79.9. The van der Waals surface area contributed by atoms with Crippen LogP contribution in [-0.4, -0.2) is 45.9 Å². The SMILES string of the molecule is COc1ccc(S(=O)(=O)N2CCC(C(=O)Nc3cc(Br)ccc3C)CC2)cc1OC. The molecule has 30 heavy (non-hydrogen) atoms. The number of hydrogen-bond donors (Lipinski definition) is 1. The highest BCUT2D eigenvalue weighted by Crippen LogP contribution is 2.32. The number of nitrogens with zero attached hydrogens (tertiary/aromatic N) is 1. The third kappa shape index (κ3) is 4.79. The van der Waals surface area contributed by atoms with E-state index in [1.54, 1.807) is 6.07 Å². The molecule has 2 aromatic carbocycles. The number of amides is 1. The van der Waals surface area contributed by atoms with Crippen LogP contribution in [0.1, 0.15) is 18.4 Å². The fourth-order valence-electron chi connectivity index (χ4n) is 3.45. The third-order valence-corrected chi connectivity index (χ3v) is 7.66. The van der Waals surface area contributed by atoms with E-state index in [4.69, 9.17) is 9.47 Å². The molecule has 0 unspecified atom stereocenters.